The van der Waals surface area contributed by atoms with Crippen molar-refractivity contribution in [1.29, 1.82) is 0 Å². The first kappa shape index (κ1) is 10.9. The molecular weight excluding hydrogens is 296 g/mol. The van der Waals surface area contributed by atoms with Crippen LogP contribution in [0.2, 0.25) is 5.02 Å². The number of benzene rings is 1. The Hall–Kier alpha value is -0.640. The van der Waals surface area contributed by atoms with Crippen LogP contribution in [0.15, 0.2) is 39.5 Å². The molecule has 0 aliphatic carbocycles. The van der Waals surface area contributed by atoms with Crippen LogP contribution in [0.1, 0.15) is 15.9 Å². The van der Waals surface area contributed by atoms with Crippen molar-refractivity contribution < 1.29 is 4.79 Å². The van der Waals surface area contributed by atoms with E-state index in [2.05, 4.69) is 15.9 Å². The topological polar surface area (TPSA) is 17.1 Å². The van der Waals surface area contributed by atoms with E-state index in [1.54, 1.807) is 18.2 Å². The van der Waals surface area contributed by atoms with Gasteiger partial charge in [-0.1, -0.05) is 11.6 Å². The van der Waals surface area contributed by atoms with Gasteiger partial charge in [0.1, 0.15) is 0 Å². The highest BCUT2D eigenvalue weighted by atomic mass is 79.9. The third-order valence-corrected chi connectivity index (χ3v) is 3.88. The van der Waals surface area contributed by atoms with Crippen LogP contribution in [0.25, 0.3) is 0 Å². The molecule has 0 unspecified atom stereocenters. The molecule has 0 amide bonds. The predicted octanol–water partition coefficient (Wildman–Crippen LogP) is 4.40. The Morgan fingerprint density at radius 3 is 2.67 bits per heavy atom. The Bertz CT molecular complexity index is 493. The first-order valence-corrected chi connectivity index (χ1v) is 6.32. The van der Waals surface area contributed by atoms with Crippen LogP contribution >= 0.6 is 38.9 Å². The van der Waals surface area contributed by atoms with Crippen molar-refractivity contribution in [2.45, 2.75) is 0 Å². The maximum atomic E-state index is 11.9. The van der Waals surface area contributed by atoms with Crippen LogP contribution in [0, 0.1) is 0 Å². The molecule has 1 aromatic heterocycles. The average molecular weight is 302 g/mol. The first-order valence-electron chi connectivity index (χ1n) is 4.20. The zero-order valence-corrected chi connectivity index (χ0v) is 10.7. The maximum absolute atomic E-state index is 11.9. The van der Waals surface area contributed by atoms with Gasteiger partial charge in [0, 0.05) is 21.0 Å². The van der Waals surface area contributed by atoms with Gasteiger partial charge in [-0.2, -0.15) is 11.3 Å². The Balaban J connectivity index is 2.39. The van der Waals surface area contributed by atoms with E-state index >= 15 is 0 Å². The maximum Gasteiger partial charge on any atom is 0.193 e. The van der Waals surface area contributed by atoms with E-state index in [0.29, 0.717) is 16.1 Å². The summed E-state index contributed by atoms with van der Waals surface area (Å²) in [6, 6.07) is 7.02. The highest BCUT2D eigenvalue weighted by Crippen LogP contribution is 2.24. The molecule has 0 N–H and O–H groups in total. The summed E-state index contributed by atoms with van der Waals surface area (Å²) in [6.07, 6.45) is 0. The second-order valence-electron chi connectivity index (χ2n) is 2.97. The van der Waals surface area contributed by atoms with E-state index < -0.39 is 0 Å². The standard InChI is InChI=1S/C11H6BrClOS/c12-9-2-1-7(5-10(9)13)11(14)8-3-4-15-6-8/h1-6H. The molecular formula is C11H6BrClOS. The lowest BCUT2D eigenvalue weighted by atomic mass is 10.1. The molecule has 2 rings (SSSR count). The molecule has 0 radical (unpaired) electrons. The van der Waals surface area contributed by atoms with E-state index in [9.17, 15) is 4.79 Å². The van der Waals surface area contributed by atoms with E-state index in [-0.39, 0.29) is 5.78 Å². The zero-order valence-electron chi connectivity index (χ0n) is 7.54. The quantitative estimate of drug-likeness (QED) is 0.752. The number of hydrogen-bond donors (Lipinski definition) is 0. The molecule has 0 aliphatic heterocycles. The first-order chi connectivity index (χ1) is 7.18. The highest BCUT2D eigenvalue weighted by molar-refractivity contribution is 9.10. The van der Waals surface area contributed by atoms with Gasteiger partial charge in [-0.25, -0.2) is 0 Å². The Kier molecular flexibility index (Phi) is 3.24. The minimum atomic E-state index is 0.00523. The molecule has 1 heterocycles. The van der Waals surface area contributed by atoms with Gasteiger partial charge in [0.2, 0.25) is 0 Å². The molecule has 0 saturated carbocycles. The number of carbonyl (C=O) groups is 1. The molecule has 0 spiro atoms. The highest BCUT2D eigenvalue weighted by Gasteiger charge is 2.10. The van der Waals surface area contributed by atoms with Crippen LogP contribution in [0.5, 0.6) is 0 Å². The van der Waals surface area contributed by atoms with Gasteiger partial charge in [-0.15, -0.1) is 0 Å². The zero-order chi connectivity index (χ0) is 10.8. The number of hydrogen-bond acceptors (Lipinski definition) is 2. The number of ketones is 1. The number of carbonyl (C=O) groups excluding carboxylic acids is 1. The number of rotatable bonds is 2. The monoisotopic (exact) mass is 300 g/mol. The molecule has 0 fully saturated rings. The normalized spacial score (nSPS) is 10.3. The lowest BCUT2D eigenvalue weighted by molar-refractivity contribution is 0.103. The second kappa shape index (κ2) is 4.47. The van der Waals surface area contributed by atoms with Gasteiger partial charge >= 0.3 is 0 Å². The summed E-state index contributed by atoms with van der Waals surface area (Å²) < 4.78 is 0.797. The Labute approximate surface area is 105 Å². The van der Waals surface area contributed by atoms with Gasteiger partial charge in [0.25, 0.3) is 0 Å². The fourth-order valence-corrected chi connectivity index (χ4v) is 2.26. The van der Waals surface area contributed by atoms with Crippen molar-refractivity contribution in [3.05, 3.63) is 55.6 Å². The molecule has 0 saturated heterocycles. The average Bonchev–Trinajstić information content (AvgIpc) is 2.74. The molecule has 1 nitrogen and oxygen atoms in total. The van der Waals surface area contributed by atoms with Crippen molar-refractivity contribution in [1.82, 2.24) is 0 Å². The van der Waals surface area contributed by atoms with Gasteiger partial charge in [-0.3, -0.25) is 4.79 Å². The molecule has 15 heavy (non-hydrogen) atoms. The van der Waals surface area contributed by atoms with E-state index in [0.717, 1.165) is 4.47 Å². The molecule has 0 atom stereocenters. The summed E-state index contributed by atoms with van der Waals surface area (Å²) in [5.74, 6) is 0.00523. The lowest BCUT2D eigenvalue weighted by Gasteiger charge is -2.00. The van der Waals surface area contributed by atoms with E-state index in [1.807, 2.05) is 16.8 Å². The van der Waals surface area contributed by atoms with Gasteiger partial charge in [0.15, 0.2) is 5.78 Å². The summed E-state index contributed by atoms with van der Waals surface area (Å²) in [5.41, 5.74) is 1.32. The molecule has 0 bridgehead atoms. The smallest absolute Gasteiger partial charge is 0.193 e. The van der Waals surface area contributed by atoms with Crippen LogP contribution in [0.3, 0.4) is 0 Å². The summed E-state index contributed by atoms with van der Waals surface area (Å²) in [4.78, 5) is 11.9. The minimum absolute atomic E-state index is 0.00523. The second-order valence-corrected chi connectivity index (χ2v) is 5.01. The minimum Gasteiger partial charge on any atom is -0.289 e. The summed E-state index contributed by atoms with van der Waals surface area (Å²) in [7, 11) is 0. The van der Waals surface area contributed by atoms with Crippen LogP contribution in [-0.4, -0.2) is 5.78 Å². The van der Waals surface area contributed by atoms with E-state index in [4.69, 9.17) is 11.6 Å². The van der Waals surface area contributed by atoms with Crippen molar-refractivity contribution in [3.8, 4) is 0 Å². The summed E-state index contributed by atoms with van der Waals surface area (Å²) in [6.45, 7) is 0. The predicted molar refractivity (Wildman–Crippen MR) is 66.9 cm³/mol. The van der Waals surface area contributed by atoms with E-state index in [1.165, 1.54) is 11.3 Å². The third kappa shape index (κ3) is 2.30. The van der Waals surface area contributed by atoms with Gasteiger partial charge < -0.3 is 0 Å². The Morgan fingerprint density at radius 1 is 1.27 bits per heavy atom. The van der Waals surface area contributed by atoms with Crippen molar-refractivity contribution >= 4 is 44.7 Å². The van der Waals surface area contributed by atoms with Crippen LogP contribution in [0.4, 0.5) is 0 Å². The fourth-order valence-electron chi connectivity index (χ4n) is 1.20. The summed E-state index contributed by atoms with van der Waals surface area (Å²) in [5, 5.41) is 4.27. The van der Waals surface area contributed by atoms with Crippen LogP contribution in [-0.2, 0) is 0 Å². The Morgan fingerprint density at radius 2 is 2.07 bits per heavy atom. The van der Waals surface area contributed by atoms with Crippen molar-refractivity contribution in [2.24, 2.45) is 0 Å². The fraction of sp³-hybridized carbons (Fsp3) is 0. The molecule has 1 aromatic carbocycles. The SMILES string of the molecule is O=C(c1ccsc1)c1ccc(Br)c(Cl)c1. The van der Waals surface area contributed by atoms with Crippen molar-refractivity contribution in [3.63, 3.8) is 0 Å². The van der Waals surface area contributed by atoms with Crippen LogP contribution < -0.4 is 0 Å². The molecule has 0 aliphatic rings. The largest absolute Gasteiger partial charge is 0.289 e. The third-order valence-electron chi connectivity index (χ3n) is 1.97. The van der Waals surface area contributed by atoms with Crippen molar-refractivity contribution in [2.75, 3.05) is 0 Å². The molecule has 2 aromatic rings. The number of halogens is 2. The lowest BCUT2D eigenvalue weighted by Crippen LogP contribution is -1.98. The number of thiophene rings is 1. The molecule has 76 valence electrons. The van der Waals surface area contributed by atoms with Gasteiger partial charge in [-0.05, 0) is 45.6 Å². The summed E-state index contributed by atoms with van der Waals surface area (Å²) >= 11 is 10.7. The molecule has 4 heteroatoms. The van der Waals surface area contributed by atoms with Gasteiger partial charge in [0.05, 0.1) is 5.02 Å².